The van der Waals surface area contributed by atoms with E-state index in [-0.39, 0.29) is 24.0 Å². The van der Waals surface area contributed by atoms with Gasteiger partial charge in [-0.05, 0) is 52.4 Å². The molecule has 0 N–H and O–H groups in total. The fraction of sp³-hybridized carbons (Fsp3) is 1.00. The van der Waals surface area contributed by atoms with Crippen molar-refractivity contribution in [3.8, 4) is 0 Å². The highest BCUT2D eigenvalue weighted by atomic mass is 28.4. The molecule has 0 aromatic carbocycles. The lowest BCUT2D eigenvalue weighted by molar-refractivity contribution is -0.287. The van der Waals surface area contributed by atoms with Gasteiger partial charge in [-0.25, -0.2) is 8.78 Å². The Kier molecular flexibility index (Phi) is 43.7. The molecule has 0 fully saturated rings. The highest BCUT2D eigenvalue weighted by Crippen LogP contribution is 2.29. The van der Waals surface area contributed by atoms with Crippen molar-refractivity contribution in [2.45, 2.75) is 175 Å². The third kappa shape index (κ3) is 37.2. The van der Waals surface area contributed by atoms with Gasteiger partial charge in [0.15, 0.2) is 13.3 Å². The average molecular weight is 975 g/mol. The van der Waals surface area contributed by atoms with E-state index in [0.29, 0.717) is 38.0 Å². The second kappa shape index (κ2) is 38.1. The van der Waals surface area contributed by atoms with Gasteiger partial charge in [0, 0.05) is 60.3 Å². The first kappa shape index (κ1) is 68.8. The number of rotatable bonds is 32. The van der Waals surface area contributed by atoms with E-state index in [9.17, 15) is 39.5 Å². The molecule has 0 heterocycles. The Morgan fingerprint density at radius 2 is 0.783 bits per heavy atom. The summed E-state index contributed by atoms with van der Waals surface area (Å²) in [6, 6.07) is 1.98. The van der Waals surface area contributed by atoms with Crippen LogP contribution in [0.5, 0.6) is 0 Å². The number of halogens is 10. The van der Waals surface area contributed by atoms with Crippen LogP contribution in [0.3, 0.4) is 0 Å². The minimum absolute atomic E-state index is 0. The Morgan fingerprint density at radius 1 is 0.400 bits per heavy atom. The molecule has 0 aliphatic heterocycles. The van der Waals surface area contributed by atoms with Gasteiger partial charge in [-0.2, -0.15) is 17.6 Å². The number of unbranched alkanes of at least 4 members (excludes halogenated alkanes) is 7. The van der Waals surface area contributed by atoms with E-state index >= 15 is 0 Å². The third-order valence-corrected chi connectivity index (χ3v) is 20.1. The van der Waals surface area contributed by atoms with Crippen molar-refractivity contribution >= 4 is 34.7 Å². The fourth-order valence-electron chi connectivity index (χ4n) is 5.48. The van der Waals surface area contributed by atoms with Crippen LogP contribution in [-0.4, -0.2) is 115 Å². The van der Waals surface area contributed by atoms with Gasteiger partial charge >= 0.3 is 53.3 Å². The zero-order valence-electron chi connectivity index (χ0n) is 38.5. The summed E-state index contributed by atoms with van der Waals surface area (Å²) in [5.74, 6) is 0. The van der Waals surface area contributed by atoms with Gasteiger partial charge in [-0.15, -0.1) is 13.2 Å². The smallest absolute Gasteiger partial charge is 0.398 e. The molecule has 2 unspecified atom stereocenters. The van der Waals surface area contributed by atoms with Crippen molar-refractivity contribution in [2.24, 2.45) is 0 Å². The molecule has 0 saturated carbocycles. The van der Waals surface area contributed by atoms with Crippen LogP contribution in [0.1, 0.15) is 119 Å². The van der Waals surface area contributed by atoms with Gasteiger partial charge < -0.3 is 44.3 Å². The molecule has 2 atom stereocenters. The summed E-state index contributed by atoms with van der Waals surface area (Å²) in [5, 5.41) is 0. The van der Waals surface area contributed by atoms with Crippen molar-refractivity contribution in [1.29, 1.82) is 0 Å². The number of hydrogen-bond donors (Lipinski definition) is 0. The Labute approximate surface area is 359 Å². The molecule has 0 spiro atoms. The average Bonchev–Trinajstić information content (AvgIpc) is 3.15. The van der Waals surface area contributed by atoms with Crippen LogP contribution >= 0.6 is 0 Å². The van der Waals surface area contributed by atoms with Gasteiger partial charge in [0.25, 0.3) is 0 Å². The molecule has 0 aromatic heterocycles. The standard InChI is InChI=1S/C13H30O3Si.C9H19F3O3Si.C8H17F3O2Si.C6H13F3O2Si.FH/c1-5-6-7-8-9-10-11-12-13-17(14-2,15-3)16-4;1-4-7-16(13-5-2,14-6-3)15-9(11,12)8-10;1-4-6-14(3,12-5-2)13-8(10,11)7-9;1-4-5-12(3,10-2)11-6(7,8)9;/h5-13H2,1-4H3;4-8H2,1-3H3;4-7H2,1-3H3;4-5H2,1-3H3;1H. The lowest BCUT2D eigenvalue weighted by Gasteiger charge is -2.31. The van der Waals surface area contributed by atoms with E-state index < -0.39 is 66.7 Å². The number of hydrogen-bond acceptors (Lipinski definition) is 10. The molecule has 24 heteroatoms. The predicted octanol–water partition coefficient (Wildman–Crippen LogP) is 12.9. The molecular weight excluding hydrogens is 895 g/mol. The van der Waals surface area contributed by atoms with Crippen LogP contribution in [0.25, 0.3) is 0 Å². The molecule has 370 valence electrons. The molecule has 10 nitrogen and oxygen atoms in total. The number of alkyl halides is 9. The molecule has 0 aromatic rings. The summed E-state index contributed by atoms with van der Waals surface area (Å²) in [7, 11) is -5.31. The summed E-state index contributed by atoms with van der Waals surface area (Å²) < 4.78 is 160. The van der Waals surface area contributed by atoms with Crippen molar-refractivity contribution in [3.05, 3.63) is 0 Å². The maximum absolute atomic E-state index is 12.9. The van der Waals surface area contributed by atoms with Crippen LogP contribution in [0.4, 0.5) is 44.2 Å². The Balaban J connectivity index is -0.000000225. The Hall–Kier alpha value is -0.232. The van der Waals surface area contributed by atoms with Crippen LogP contribution in [-0.2, 0) is 44.3 Å². The largest absolute Gasteiger partial charge is 0.514 e. The van der Waals surface area contributed by atoms with Crippen molar-refractivity contribution in [1.82, 2.24) is 0 Å². The molecule has 0 radical (unpaired) electrons. The lowest BCUT2D eigenvalue weighted by atomic mass is 10.1. The van der Waals surface area contributed by atoms with Gasteiger partial charge in [0.2, 0.25) is 0 Å². The first-order chi connectivity index (χ1) is 27.4. The highest BCUT2D eigenvalue weighted by Gasteiger charge is 2.49. The highest BCUT2D eigenvalue weighted by molar-refractivity contribution is 6.66. The topological polar surface area (TPSA) is 92.3 Å². The summed E-state index contributed by atoms with van der Waals surface area (Å²) in [4.78, 5) is 0. The Bertz CT molecular complexity index is 924. The first-order valence-electron chi connectivity index (χ1n) is 20.6. The Morgan fingerprint density at radius 3 is 1.12 bits per heavy atom. The van der Waals surface area contributed by atoms with Gasteiger partial charge in [-0.3, -0.25) is 4.70 Å². The van der Waals surface area contributed by atoms with E-state index in [0.717, 1.165) is 12.5 Å². The van der Waals surface area contributed by atoms with E-state index in [1.54, 1.807) is 55.9 Å². The molecule has 0 rings (SSSR count). The second-order valence-corrected chi connectivity index (χ2v) is 25.9. The van der Waals surface area contributed by atoms with Crippen molar-refractivity contribution in [3.63, 3.8) is 0 Å². The van der Waals surface area contributed by atoms with Gasteiger partial charge in [0.05, 0.1) is 0 Å². The van der Waals surface area contributed by atoms with E-state index in [4.69, 9.17) is 31.0 Å². The van der Waals surface area contributed by atoms with Gasteiger partial charge in [-0.1, -0.05) is 91.9 Å². The SMILES string of the molecule is CCCCCCCCCC[Si](OC)(OC)OC.CCC[Si](C)(OC)OC(F)(F)F.CCC[Si](C)(OCC)OC(F)(F)CF.CCC[Si](OCC)(OCC)OC(F)(F)CF.F. The molecule has 0 bridgehead atoms. The normalized spacial score (nSPS) is 14.3. The molecule has 0 aliphatic carbocycles. The maximum Gasteiger partial charge on any atom is 0.514 e. The third-order valence-electron chi connectivity index (χ3n) is 8.16. The van der Waals surface area contributed by atoms with Crippen molar-refractivity contribution in [2.75, 3.05) is 61.6 Å². The quantitative estimate of drug-likeness (QED) is 0.0369. The summed E-state index contributed by atoms with van der Waals surface area (Å²) >= 11 is 0. The van der Waals surface area contributed by atoms with Crippen LogP contribution in [0, 0.1) is 0 Å². The van der Waals surface area contributed by atoms with Crippen LogP contribution in [0.2, 0.25) is 37.3 Å². The van der Waals surface area contributed by atoms with Gasteiger partial charge in [0.1, 0.15) is 0 Å². The van der Waals surface area contributed by atoms with E-state index in [1.807, 2.05) is 6.92 Å². The summed E-state index contributed by atoms with van der Waals surface area (Å²) in [5.41, 5.74) is 0. The summed E-state index contributed by atoms with van der Waals surface area (Å²) in [6.45, 7) is 12.7. The molecule has 0 saturated heterocycles. The molecular formula is C36H80F10O10Si4. The predicted molar refractivity (Wildman–Crippen MR) is 224 cm³/mol. The molecule has 60 heavy (non-hydrogen) atoms. The minimum atomic E-state index is -4.58. The van der Waals surface area contributed by atoms with E-state index in [1.165, 1.54) is 65.1 Å². The van der Waals surface area contributed by atoms with Crippen molar-refractivity contribution < 1.29 is 88.5 Å². The maximum atomic E-state index is 12.9. The van der Waals surface area contributed by atoms with E-state index in [2.05, 4.69) is 20.2 Å². The first-order valence-corrected chi connectivity index (χ1v) is 29.5. The van der Waals surface area contributed by atoms with Crippen LogP contribution in [0.15, 0.2) is 0 Å². The zero-order chi connectivity index (χ0) is 46.7. The monoisotopic (exact) mass is 974 g/mol. The fourth-order valence-corrected chi connectivity index (χ4v) is 14.2. The molecule has 0 amide bonds. The molecule has 0 aliphatic rings. The second-order valence-electron chi connectivity index (χ2n) is 13.5. The minimum Gasteiger partial charge on any atom is -0.398 e. The summed E-state index contributed by atoms with van der Waals surface area (Å²) in [6.07, 6.45) is 0.365. The zero-order valence-corrected chi connectivity index (χ0v) is 42.5. The van der Waals surface area contributed by atoms with Crippen LogP contribution < -0.4 is 0 Å². The lowest BCUT2D eigenvalue weighted by Crippen LogP contribution is -2.51.